The van der Waals surface area contributed by atoms with E-state index in [1.165, 1.54) is 25.7 Å². The van der Waals surface area contributed by atoms with E-state index in [-0.39, 0.29) is 17.9 Å². The highest BCUT2D eigenvalue weighted by molar-refractivity contribution is 5.21. The van der Waals surface area contributed by atoms with E-state index in [9.17, 15) is 17.6 Å². The van der Waals surface area contributed by atoms with Crippen molar-refractivity contribution < 1.29 is 31.8 Å². The minimum Gasteiger partial charge on any atom is -0.328 e. The summed E-state index contributed by atoms with van der Waals surface area (Å²) < 4.78 is 72.1. The molecule has 0 saturated carbocycles. The van der Waals surface area contributed by atoms with Crippen LogP contribution >= 0.6 is 0 Å². The third kappa shape index (κ3) is 9.82. The average Bonchev–Trinajstić information content (AvgIpc) is 2.81. The van der Waals surface area contributed by atoms with Crippen molar-refractivity contribution >= 4 is 0 Å². The van der Waals surface area contributed by atoms with Crippen molar-refractivity contribution in [2.24, 2.45) is 5.92 Å². The molecule has 1 unspecified atom stereocenters. The Morgan fingerprint density at radius 2 is 1.15 bits per heavy atom. The predicted molar refractivity (Wildman–Crippen MR) is 128 cm³/mol. The Morgan fingerprint density at radius 3 is 1.68 bits per heavy atom. The van der Waals surface area contributed by atoms with Crippen molar-refractivity contribution in [1.29, 1.82) is 0 Å². The Labute approximate surface area is 203 Å². The molecule has 0 bridgehead atoms. The lowest BCUT2D eigenvalue weighted by molar-refractivity contribution is -0.403. The summed E-state index contributed by atoms with van der Waals surface area (Å²) in [7, 11) is 0. The summed E-state index contributed by atoms with van der Waals surface area (Å²) in [6.07, 6.45) is 11.1. The second-order valence-electron chi connectivity index (χ2n) is 8.71. The molecule has 0 spiro atoms. The number of unbranched alkanes of at least 4 members (excludes halogenated alkanes) is 7. The maximum absolute atomic E-state index is 13.9. The maximum Gasteiger partial charge on any atom is 0.285 e. The molecule has 198 valence electrons. The molecule has 0 N–H and O–H groups in total. The first kappa shape index (κ1) is 30.9. The molecular weight excluding hydrogens is 448 g/mol. The molecule has 0 saturated heterocycles. The van der Waals surface area contributed by atoms with Crippen LogP contribution in [0.4, 0.5) is 17.6 Å². The first-order valence-corrected chi connectivity index (χ1v) is 13.1. The lowest BCUT2D eigenvalue weighted by Gasteiger charge is -2.39. The molecule has 0 fully saturated rings. The molecule has 1 atom stereocenters. The lowest BCUT2D eigenvalue weighted by Crippen LogP contribution is -2.46. The summed E-state index contributed by atoms with van der Waals surface area (Å²) in [6.45, 7) is 9.36. The van der Waals surface area contributed by atoms with Gasteiger partial charge >= 0.3 is 0 Å². The van der Waals surface area contributed by atoms with Crippen LogP contribution in [0.3, 0.4) is 0 Å². The topological polar surface area (TPSA) is 27.7 Å². The first-order valence-electron chi connectivity index (χ1n) is 13.1. The molecule has 0 aromatic heterocycles. The zero-order valence-electron chi connectivity index (χ0n) is 21.5. The van der Waals surface area contributed by atoms with Gasteiger partial charge in [0.25, 0.3) is 5.97 Å². The number of benzene rings is 1. The van der Waals surface area contributed by atoms with Crippen LogP contribution in [0.1, 0.15) is 104 Å². The minimum atomic E-state index is -1.77. The van der Waals surface area contributed by atoms with Gasteiger partial charge in [0.15, 0.2) is 23.3 Å². The highest BCUT2D eigenvalue weighted by Crippen LogP contribution is 2.34. The zero-order chi connectivity index (χ0) is 25.4. The number of ether oxygens (including phenoxy) is 3. The fourth-order valence-electron chi connectivity index (χ4n) is 4.44. The SMILES string of the molecule is CCCCCCCCC(CCCCCc1cc(F)c(F)c(F)c1F)C(OCC)(OCC)OCC. The minimum absolute atomic E-state index is 0.0379. The zero-order valence-corrected chi connectivity index (χ0v) is 21.5. The monoisotopic (exact) mass is 492 g/mol. The van der Waals surface area contributed by atoms with E-state index in [4.69, 9.17) is 14.2 Å². The lowest BCUT2D eigenvalue weighted by atomic mass is 9.91. The molecule has 0 aliphatic rings. The highest BCUT2D eigenvalue weighted by Gasteiger charge is 2.41. The molecule has 1 aromatic carbocycles. The Morgan fingerprint density at radius 1 is 0.647 bits per heavy atom. The summed E-state index contributed by atoms with van der Waals surface area (Å²) in [4.78, 5) is 0. The largest absolute Gasteiger partial charge is 0.328 e. The van der Waals surface area contributed by atoms with Gasteiger partial charge in [0.2, 0.25) is 0 Å². The van der Waals surface area contributed by atoms with Gasteiger partial charge in [-0.2, -0.15) is 0 Å². The smallest absolute Gasteiger partial charge is 0.285 e. The van der Waals surface area contributed by atoms with Gasteiger partial charge in [-0.3, -0.25) is 0 Å². The maximum atomic E-state index is 13.9. The van der Waals surface area contributed by atoms with Crippen molar-refractivity contribution in [2.45, 2.75) is 111 Å². The van der Waals surface area contributed by atoms with Gasteiger partial charge in [-0.1, -0.05) is 58.3 Å². The van der Waals surface area contributed by atoms with Crippen molar-refractivity contribution in [3.8, 4) is 0 Å². The Kier molecular flexibility index (Phi) is 15.7. The van der Waals surface area contributed by atoms with Crippen molar-refractivity contribution in [3.05, 3.63) is 34.9 Å². The Balaban J connectivity index is 2.73. The first-order chi connectivity index (χ1) is 16.4. The van der Waals surface area contributed by atoms with E-state index in [2.05, 4.69) is 6.92 Å². The van der Waals surface area contributed by atoms with Crippen molar-refractivity contribution in [1.82, 2.24) is 0 Å². The number of hydrogen-bond donors (Lipinski definition) is 0. The summed E-state index contributed by atoms with van der Waals surface area (Å²) in [5, 5.41) is 0. The second-order valence-corrected chi connectivity index (χ2v) is 8.71. The average molecular weight is 493 g/mol. The van der Waals surface area contributed by atoms with E-state index in [1.54, 1.807) is 0 Å². The standard InChI is InChI=1S/C27H44F4O3/c1-5-9-10-11-12-15-18-22(27(32-6-2,33-7-3)34-8-4)19-16-13-14-17-21-20-23(28)25(30)26(31)24(21)29/h20,22H,5-19H2,1-4H3. The molecule has 3 nitrogen and oxygen atoms in total. The Hall–Kier alpha value is -1.18. The van der Waals surface area contributed by atoms with Gasteiger partial charge in [-0.05, 0) is 58.1 Å². The van der Waals surface area contributed by atoms with Gasteiger partial charge in [0.1, 0.15) is 0 Å². The van der Waals surface area contributed by atoms with Crippen LogP contribution < -0.4 is 0 Å². The predicted octanol–water partition coefficient (Wildman–Crippen LogP) is 8.48. The molecule has 0 aliphatic heterocycles. The van der Waals surface area contributed by atoms with E-state index < -0.39 is 29.2 Å². The van der Waals surface area contributed by atoms with Crippen molar-refractivity contribution in [3.63, 3.8) is 0 Å². The molecule has 34 heavy (non-hydrogen) atoms. The molecule has 1 aromatic rings. The molecule has 7 heteroatoms. The van der Waals surface area contributed by atoms with Gasteiger partial charge < -0.3 is 14.2 Å². The summed E-state index contributed by atoms with van der Waals surface area (Å²) in [6, 6.07) is 0.749. The van der Waals surface area contributed by atoms with Crippen LogP contribution in [0.15, 0.2) is 6.07 Å². The number of hydrogen-bond acceptors (Lipinski definition) is 3. The Bertz CT molecular complexity index is 667. The summed E-state index contributed by atoms with van der Waals surface area (Å²) in [5.41, 5.74) is -0.132. The van der Waals surface area contributed by atoms with Crippen LogP contribution in [0.5, 0.6) is 0 Å². The normalized spacial score (nSPS) is 12.9. The van der Waals surface area contributed by atoms with Gasteiger partial charge in [-0.15, -0.1) is 0 Å². The van der Waals surface area contributed by atoms with E-state index in [0.717, 1.165) is 44.6 Å². The second kappa shape index (κ2) is 17.3. The molecule has 0 radical (unpaired) electrons. The number of halogens is 4. The van der Waals surface area contributed by atoms with Crippen LogP contribution in [0, 0.1) is 29.2 Å². The molecular formula is C27H44F4O3. The summed E-state index contributed by atoms with van der Waals surface area (Å²) in [5.74, 6) is -7.22. The van der Waals surface area contributed by atoms with Crippen LogP contribution in [-0.4, -0.2) is 25.8 Å². The molecule has 1 rings (SSSR count). The summed E-state index contributed by atoms with van der Waals surface area (Å²) >= 11 is 0. The van der Waals surface area contributed by atoms with E-state index >= 15 is 0 Å². The quantitative estimate of drug-likeness (QED) is 0.0601. The van der Waals surface area contributed by atoms with Crippen LogP contribution in [0.25, 0.3) is 0 Å². The fraction of sp³-hybridized carbons (Fsp3) is 0.778. The van der Waals surface area contributed by atoms with Gasteiger partial charge in [0.05, 0.1) is 0 Å². The van der Waals surface area contributed by atoms with Crippen LogP contribution in [-0.2, 0) is 20.6 Å². The molecule has 0 aliphatic carbocycles. The van der Waals surface area contributed by atoms with Gasteiger partial charge in [0, 0.05) is 25.7 Å². The molecule has 0 amide bonds. The van der Waals surface area contributed by atoms with Crippen LogP contribution in [0.2, 0.25) is 0 Å². The fourth-order valence-corrected chi connectivity index (χ4v) is 4.44. The van der Waals surface area contributed by atoms with Gasteiger partial charge in [-0.25, -0.2) is 17.6 Å². The molecule has 0 heterocycles. The third-order valence-corrected chi connectivity index (χ3v) is 6.12. The number of rotatable bonds is 20. The van der Waals surface area contributed by atoms with Crippen molar-refractivity contribution in [2.75, 3.05) is 19.8 Å². The van der Waals surface area contributed by atoms with E-state index in [1.807, 2.05) is 20.8 Å². The third-order valence-electron chi connectivity index (χ3n) is 6.12. The highest BCUT2D eigenvalue weighted by atomic mass is 19.2. The van der Waals surface area contributed by atoms with E-state index in [0.29, 0.717) is 26.2 Å². The number of aryl methyl sites for hydroxylation is 1.